The van der Waals surface area contributed by atoms with Crippen molar-refractivity contribution in [1.82, 2.24) is 0 Å². The van der Waals surface area contributed by atoms with Gasteiger partial charge in [-0.25, -0.2) is 9.36 Å². The molecule has 0 spiro atoms. The maximum absolute atomic E-state index is 12.6. The van der Waals surface area contributed by atoms with Gasteiger partial charge >= 0.3 is 5.63 Å². The number of aromatic nitrogens is 1. The van der Waals surface area contributed by atoms with Crippen molar-refractivity contribution in [3.05, 3.63) is 59.2 Å². The van der Waals surface area contributed by atoms with Crippen LogP contribution in [0.2, 0.25) is 0 Å². The number of fused-ring (bicyclic) bond motifs is 1. The Labute approximate surface area is 173 Å². The Morgan fingerprint density at radius 1 is 1.00 bits per heavy atom. The number of quaternary nitrogens is 1. The quantitative estimate of drug-likeness (QED) is 0.332. The van der Waals surface area contributed by atoms with E-state index >= 15 is 0 Å². The highest BCUT2D eigenvalue weighted by molar-refractivity contribution is 5.84. The molecule has 3 rings (SSSR count). The fraction of sp³-hybridized carbons (Fsp3) is 0.417. The first-order chi connectivity index (χ1) is 13.8. The van der Waals surface area contributed by atoms with Gasteiger partial charge in [0.2, 0.25) is 0 Å². The average Bonchev–Trinajstić information content (AvgIpc) is 2.68. The molecule has 29 heavy (non-hydrogen) atoms. The Hall–Kier alpha value is -2.66. The predicted molar refractivity (Wildman–Crippen MR) is 119 cm³/mol. The van der Waals surface area contributed by atoms with Gasteiger partial charge in [0, 0.05) is 47.9 Å². The van der Waals surface area contributed by atoms with Crippen molar-refractivity contribution >= 4 is 16.7 Å². The number of anilines is 1. The summed E-state index contributed by atoms with van der Waals surface area (Å²) in [5.41, 5.74) is 2.90. The molecule has 3 aromatic rings. The lowest BCUT2D eigenvalue weighted by Crippen LogP contribution is -2.39. The van der Waals surface area contributed by atoms with Crippen LogP contribution in [-0.2, 0) is 6.54 Å². The molecule has 0 saturated heterocycles. The number of hydrogen-bond acceptors (Lipinski definition) is 3. The molecule has 0 aliphatic rings. The largest absolute Gasteiger partial charge is 0.422 e. The van der Waals surface area contributed by atoms with E-state index in [1.165, 1.54) is 0 Å². The van der Waals surface area contributed by atoms with Crippen molar-refractivity contribution in [2.24, 2.45) is 0 Å². The van der Waals surface area contributed by atoms with Crippen molar-refractivity contribution in [2.75, 3.05) is 45.7 Å². The van der Waals surface area contributed by atoms with E-state index < -0.39 is 0 Å². The normalized spacial score (nSPS) is 11.8. The summed E-state index contributed by atoms with van der Waals surface area (Å²) < 4.78 is 8.80. The first-order valence-corrected chi connectivity index (χ1v) is 10.4. The van der Waals surface area contributed by atoms with E-state index in [2.05, 4.69) is 50.5 Å². The van der Waals surface area contributed by atoms with Gasteiger partial charge in [0.15, 0.2) is 18.9 Å². The summed E-state index contributed by atoms with van der Waals surface area (Å²) >= 11 is 0. The first-order valence-electron chi connectivity index (χ1n) is 10.4. The van der Waals surface area contributed by atoms with Gasteiger partial charge in [0.05, 0.1) is 39.7 Å². The number of rotatable bonds is 8. The third-order valence-corrected chi connectivity index (χ3v) is 5.30. The van der Waals surface area contributed by atoms with Crippen molar-refractivity contribution < 1.29 is 13.5 Å². The Bertz CT molecular complexity index is 1010. The van der Waals surface area contributed by atoms with Crippen LogP contribution in [0.1, 0.15) is 20.3 Å². The SMILES string of the molecule is CCN(CC)c1ccc2cc(-c3cc[n+](CCC[N+](C)(C)C)cc3)c(=O)oc2c1. The van der Waals surface area contributed by atoms with Crippen LogP contribution in [0, 0.1) is 0 Å². The van der Waals surface area contributed by atoms with Crippen LogP contribution in [0.4, 0.5) is 5.69 Å². The van der Waals surface area contributed by atoms with E-state index in [1.807, 2.05) is 42.7 Å². The lowest BCUT2D eigenvalue weighted by Gasteiger charge is -2.22. The Balaban J connectivity index is 1.83. The van der Waals surface area contributed by atoms with Crippen molar-refractivity contribution in [2.45, 2.75) is 26.8 Å². The minimum atomic E-state index is -0.294. The topological polar surface area (TPSA) is 37.3 Å². The monoisotopic (exact) mass is 395 g/mol. The molecule has 5 heteroatoms. The zero-order chi connectivity index (χ0) is 21.0. The van der Waals surface area contributed by atoms with Gasteiger partial charge in [-0.05, 0) is 32.0 Å². The van der Waals surface area contributed by atoms with Gasteiger partial charge in [-0.15, -0.1) is 0 Å². The second kappa shape index (κ2) is 8.78. The fourth-order valence-electron chi connectivity index (χ4n) is 3.60. The van der Waals surface area contributed by atoms with Crippen LogP contribution in [0.25, 0.3) is 22.1 Å². The number of hydrogen-bond donors (Lipinski definition) is 0. The van der Waals surface area contributed by atoms with Crippen molar-refractivity contribution in [1.29, 1.82) is 0 Å². The molecule has 1 aromatic carbocycles. The number of pyridine rings is 1. The van der Waals surface area contributed by atoms with Crippen LogP contribution in [-0.4, -0.2) is 45.3 Å². The highest BCUT2D eigenvalue weighted by Gasteiger charge is 2.13. The van der Waals surface area contributed by atoms with Gasteiger partial charge < -0.3 is 13.8 Å². The summed E-state index contributed by atoms with van der Waals surface area (Å²) in [6.45, 7) is 8.18. The van der Waals surface area contributed by atoms with Gasteiger partial charge in [-0.1, -0.05) is 0 Å². The van der Waals surface area contributed by atoms with Crippen LogP contribution in [0.5, 0.6) is 0 Å². The smallest absolute Gasteiger partial charge is 0.344 e. The highest BCUT2D eigenvalue weighted by atomic mass is 16.4. The average molecular weight is 396 g/mol. The minimum absolute atomic E-state index is 0.294. The molecule has 0 N–H and O–H groups in total. The molecule has 0 atom stereocenters. The molecule has 0 radical (unpaired) electrons. The molecule has 0 saturated carbocycles. The zero-order valence-electron chi connectivity index (χ0n) is 18.3. The summed E-state index contributed by atoms with van der Waals surface area (Å²) in [5.74, 6) is 0. The Morgan fingerprint density at radius 3 is 2.31 bits per heavy atom. The van der Waals surface area contributed by atoms with E-state index in [0.717, 1.165) is 53.7 Å². The van der Waals surface area contributed by atoms with E-state index in [-0.39, 0.29) is 5.63 Å². The van der Waals surface area contributed by atoms with E-state index in [0.29, 0.717) is 11.1 Å². The molecular formula is C24H33N3O2+2. The summed E-state index contributed by atoms with van der Waals surface area (Å²) in [4.78, 5) is 14.9. The molecule has 2 heterocycles. The summed E-state index contributed by atoms with van der Waals surface area (Å²) in [6, 6.07) is 12.0. The van der Waals surface area contributed by atoms with Gasteiger partial charge in [0.25, 0.3) is 0 Å². The van der Waals surface area contributed by atoms with Gasteiger partial charge in [-0.3, -0.25) is 0 Å². The van der Waals surface area contributed by atoms with Gasteiger partial charge in [0.1, 0.15) is 5.58 Å². The predicted octanol–water partition coefficient (Wildman–Crippen LogP) is 3.69. The summed E-state index contributed by atoms with van der Waals surface area (Å²) in [7, 11) is 6.62. The van der Waals surface area contributed by atoms with Crippen LogP contribution < -0.4 is 15.1 Å². The summed E-state index contributed by atoms with van der Waals surface area (Å²) in [6.07, 6.45) is 5.19. The maximum atomic E-state index is 12.6. The molecule has 2 aromatic heterocycles. The second-order valence-corrected chi connectivity index (χ2v) is 8.53. The Morgan fingerprint density at radius 2 is 1.69 bits per heavy atom. The number of benzene rings is 1. The highest BCUT2D eigenvalue weighted by Crippen LogP contribution is 2.24. The third-order valence-electron chi connectivity index (χ3n) is 5.30. The van der Waals surface area contributed by atoms with E-state index in [4.69, 9.17) is 4.42 Å². The maximum Gasteiger partial charge on any atom is 0.344 e. The van der Waals surface area contributed by atoms with Crippen LogP contribution in [0.15, 0.2) is 58.0 Å². The molecule has 154 valence electrons. The lowest BCUT2D eigenvalue weighted by atomic mass is 10.1. The molecular weight excluding hydrogens is 362 g/mol. The number of nitrogens with zero attached hydrogens (tertiary/aromatic N) is 3. The standard InChI is InChI=1S/C24H33N3O2/c1-6-26(7-2)21-10-9-20-17-22(24(28)29-23(20)18-21)19-11-14-25(15-12-19)13-8-16-27(3,4)5/h9-12,14-15,17-18H,6-8,13,16H2,1-5H3/q+2. The molecule has 5 nitrogen and oxygen atoms in total. The zero-order valence-corrected chi connectivity index (χ0v) is 18.3. The molecule has 0 aliphatic carbocycles. The van der Waals surface area contributed by atoms with Gasteiger partial charge in [-0.2, -0.15) is 0 Å². The first kappa shape index (κ1) is 21.1. The van der Waals surface area contributed by atoms with Crippen LogP contribution >= 0.6 is 0 Å². The van der Waals surface area contributed by atoms with E-state index in [1.54, 1.807) is 0 Å². The van der Waals surface area contributed by atoms with E-state index in [9.17, 15) is 4.79 Å². The second-order valence-electron chi connectivity index (χ2n) is 8.53. The number of aryl methyl sites for hydroxylation is 1. The molecule has 0 fully saturated rings. The molecule has 0 bridgehead atoms. The van der Waals surface area contributed by atoms with Crippen molar-refractivity contribution in [3.63, 3.8) is 0 Å². The summed E-state index contributed by atoms with van der Waals surface area (Å²) in [5, 5.41) is 0.940. The molecule has 0 amide bonds. The van der Waals surface area contributed by atoms with Crippen molar-refractivity contribution in [3.8, 4) is 11.1 Å². The fourth-order valence-corrected chi connectivity index (χ4v) is 3.60. The third kappa shape index (κ3) is 5.24. The molecule has 0 aliphatic heterocycles. The minimum Gasteiger partial charge on any atom is -0.422 e. The van der Waals surface area contributed by atoms with Crippen LogP contribution in [0.3, 0.4) is 0 Å². The lowest BCUT2D eigenvalue weighted by molar-refractivity contribution is -0.873. The Kier molecular flexibility index (Phi) is 6.38. The molecule has 0 unspecified atom stereocenters.